The third kappa shape index (κ3) is 2.25. The van der Waals surface area contributed by atoms with E-state index in [1.807, 2.05) is 0 Å². The first kappa shape index (κ1) is 11.4. The standard InChI is InChI=1S/C4H4N2O2.2H2O/c7-4(8)3-1-5-2-6-3;;/h1-2H,(H,5,6)(H,7,8);2*1H2. The van der Waals surface area contributed by atoms with Gasteiger partial charge in [-0.2, -0.15) is 0 Å². The van der Waals surface area contributed by atoms with Crippen molar-refractivity contribution in [2.75, 3.05) is 0 Å². The molecule has 0 saturated carbocycles. The van der Waals surface area contributed by atoms with Crippen LogP contribution in [0.25, 0.3) is 0 Å². The van der Waals surface area contributed by atoms with Crippen molar-refractivity contribution in [1.29, 1.82) is 0 Å². The molecule has 0 fully saturated rings. The molecular formula is C4H8N2O4. The van der Waals surface area contributed by atoms with Crippen LogP contribution in [0.5, 0.6) is 0 Å². The number of rotatable bonds is 1. The number of aromatic nitrogens is 2. The Hall–Kier alpha value is -1.40. The summed E-state index contributed by atoms with van der Waals surface area (Å²) in [6.07, 6.45) is 2.58. The SMILES string of the molecule is O.O.O=C(O)c1cnc[nH]1. The Kier molecular flexibility index (Phi) is 5.10. The summed E-state index contributed by atoms with van der Waals surface area (Å²) in [6.45, 7) is 0. The van der Waals surface area contributed by atoms with E-state index in [2.05, 4.69) is 9.97 Å². The Morgan fingerprint density at radius 3 is 2.40 bits per heavy atom. The van der Waals surface area contributed by atoms with Crippen LogP contribution in [0, 0.1) is 0 Å². The van der Waals surface area contributed by atoms with E-state index in [0.29, 0.717) is 0 Å². The zero-order valence-electron chi connectivity index (χ0n) is 4.96. The second-order valence-corrected chi connectivity index (χ2v) is 1.27. The van der Waals surface area contributed by atoms with Crippen molar-refractivity contribution in [3.05, 3.63) is 18.2 Å². The number of carbonyl (C=O) groups is 1. The van der Waals surface area contributed by atoms with Crippen LogP contribution in [0.3, 0.4) is 0 Å². The van der Waals surface area contributed by atoms with Gasteiger partial charge in [-0.1, -0.05) is 0 Å². The Labute approximate surface area is 56.1 Å². The van der Waals surface area contributed by atoms with Crippen LogP contribution < -0.4 is 0 Å². The summed E-state index contributed by atoms with van der Waals surface area (Å²) in [5.74, 6) is -0.984. The maximum Gasteiger partial charge on any atom is 0.353 e. The van der Waals surface area contributed by atoms with Crippen LogP contribution in [-0.2, 0) is 0 Å². The van der Waals surface area contributed by atoms with Crippen LogP contribution >= 0.6 is 0 Å². The Balaban J connectivity index is 0. The fourth-order valence-corrected chi connectivity index (χ4v) is 0.373. The molecule has 1 aromatic rings. The maximum absolute atomic E-state index is 9.99. The smallest absolute Gasteiger partial charge is 0.353 e. The molecule has 0 aliphatic heterocycles. The quantitative estimate of drug-likeness (QED) is 0.500. The maximum atomic E-state index is 9.99. The monoisotopic (exact) mass is 148 g/mol. The summed E-state index contributed by atoms with van der Waals surface area (Å²) < 4.78 is 0. The predicted octanol–water partition coefficient (Wildman–Crippen LogP) is -1.54. The number of hydrogen-bond donors (Lipinski definition) is 2. The van der Waals surface area contributed by atoms with Crippen molar-refractivity contribution in [3.63, 3.8) is 0 Å². The molecule has 6 N–H and O–H groups in total. The zero-order chi connectivity index (χ0) is 5.98. The number of imidazole rings is 1. The molecule has 0 bridgehead atoms. The highest BCUT2D eigenvalue weighted by atomic mass is 16.4. The normalized spacial score (nSPS) is 7.20. The minimum Gasteiger partial charge on any atom is -0.477 e. The summed E-state index contributed by atoms with van der Waals surface area (Å²) in [7, 11) is 0. The molecule has 6 heteroatoms. The second kappa shape index (κ2) is 4.48. The van der Waals surface area contributed by atoms with Gasteiger partial charge in [-0.25, -0.2) is 9.78 Å². The fourth-order valence-electron chi connectivity index (χ4n) is 0.373. The van der Waals surface area contributed by atoms with Gasteiger partial charge in [-0.05, 0) is 0 Å². The van der Waals surface area contributed by atoms with E-state index in [4.69, 9.17) is 5.11 Å². The first-order chi connectivity index (χ1) is 3.80. The molecular weight excluding hydrogens is 140 g/mol. The number of aromatic carboxylic acids is 1. The molecule has 10 heavy (non-hydrogen) atoms. The molecule has 0 aliphatic rings. The molecule has 1 aromatic heterocycles. The number of carboxylic acids is 1. The van der Waals surface area contributed by atoms with Crippen molar-refractivity contribution in [2.24, 2.45) is 0 Å². The van der Waals surface area contributed by atoms with E-state index in [1.165, 1.54) is 12.5 Å². The number of H-pyrrole nitrogens is 1. The molecule has 0 spiro atoms. The highest BCUT2D eigenvalue weighted by Gasteiger charge is 1.99. The van der Waals surface area contributed by atoms with E-state index >= 15 is 0 Å². The highest BCUT2D eigenvalue weighted by Crippen LogP contribution is 1.87. The van der Waals surface area contributed by atoms with Crippen molar-refractivity contribution in [3.8, 4) is 0 Å². The number of hydrogen-bond acceptors (Lipinski definition) is 2. The number of carboxylic acid groups (broad SMARTS) is 1. The van der Waals surface area contributed by atoms with Gasteiger partial charge >= 0.3 is 5.97 Å². The van der Waals surface area contributed by atoms with E-state index in [9.17, 15) is 4.79 Å². The minimum atomic E-state index is -0.984. The second-order valence-electron chi connectivity index (χ2n) is 1.27. The molecule has 0 saturated heterocycles. The van der Waals surface area contributed by atoms with Crippen molar-refractivity contribution in [1.82, 2.24) is 9.97 Å². The fraction of sp³-hybridized carbons (Fsp3) is 0. The average Bonchev–Trinajstić information content (AvgIpc) is 2.12. The summed E-state index contributed by atoms with van der Waals surface area (Å²) in [5, 5.41) is 8.20. The lowest BCUT2D eigenvalue weighted by atomic mass is 10.5. The van der Waals surface area contributed by atoms with Gasteiger partial charge in [0.25, 0.3) is 0 Å². The molecule has 0 unspecified atom stereocenters. The molecule has 0 aliphatic carbocycles. The Morgan fingerprint density at radius 1 is 1.60 bits per heavy atom. The van der Waals surface area contributed by atoms with E-state index in [-0.39, 0.29) is 16.6 Å². The molecule has 6 nitrogen and oxygen atoms in total. The first-order valence-corrected chi connectivity index (χ1v) is 2.02. The number of nitrogens with one attached hydrogen (secondary N) is 1. The molecule has 0 amide bonds. The minimum absolute atomic E-state index is 0. The van der Waals surface area contributed by atoms with Crippen molar-refractivity contribution in [2.45, 2.75) is 0 Å². The van der Waals surface area contributed by atoms with Crippen LogP contribution in [0.1, 0.15) is 10.5 Å². The summed E-state index contributed by atoms with van der Waals surface area (Å²) >= 11 is 0. The topological polar surface area (TPSA) is 129 Å². The average molecular weight is 148 g/mol. The number of aromatic amines is 1. The lowest BCUT2D eigenvalue weighted by molar-refractivity contribution is 0.0691. The van der Waals surface area contributed by atoms with Crippen LogP contribution in [-0.4, -0.2) is 32.0 Å². The van der Waals surface area contributed by atoms with Gasteiger partial charge in [-0.15, -0.1) is 0 Å². The predicted molar refractivity (Wildman–Crippen MR) is 32.8 cm³/mol. The summed E-state index contributed by atoms with van der Waals surface area (Å²) in [6, 6.07) is 0. The summed E-state index contributed by atoms with van der Waals surface area (Å²) in [4.78, 5) is 15.9. The van der Waals surface area contributed by atoms with Crippen LogP contribution in [0.4, 0.5) is 0 Å². The van der Waals surface area contributed by atoms with Crippen molar-refractivity contribution < 1.29 is 20.9 Å². The molecule has 58 valence electrons. The molecule has 0 aromatic carbocycles. The Morgan fingerprint density at radius 2 is 2.20 bits per heavy atom. The van der Waals surface area contributed by atoms with Gasteiger partial charge in [-0.3, -0.25) is 0 Å². The summed E-state index contributed by atoms with van der Waals surface area (Å²) in [5.41, 5.74) is 0.116. The van der Waals surface area contributed by atoms with Gasteiger partial charge in [0.05, 0.1) is 12.5 Å². The zero-order valence-corrected chi connectivity index (χ0v) is 4.96. The largest absolute Gasteiger partial charge is 0.477 e. The van der Waals surface area contributed by atoms with Crippen molar-refractivity contribution >= 4 is 5.97 Å². The third-order valence-electron chi connectivity index (χ3n) is 0.729. The molecule has 1 heterocycles. The van der Waals surface area contributed by atoms with E-state index in [0.717, 1.165) is 0 Å². The van der Waals surface area contributed by atoms with Gasteiger partial charge in [0, 0.05) is 0 Å². The van der Waals surface area contributed by atoms with Crippen LogP contribution in [0.2, 0.25) is 0 Å². The first-order valence-electron chi connectivity index (χ1n) is 2.02. The number of nitrogens with zero attached hydrogens (tertiary/aromatic N) is 1. The van der Waals surface area contributed by atoms with E-state index < -0.39 is 5.97 Å². The highest BCUT2D eigenvalue weighted by molar-refractivity contribution is 5.84. The molecule has 1 rings (SSSR count). The van der Waals surface area contributed by atoms with Gasteiger partial charge in [0.1, 0.15) is 5.69 Å². The lowest BCUT2D eigenvalue weighted by Crippen LogP contribution is -1.94. The molecule has 0 radical (unpaired) electrons. The molecule has 0 atom stereocenters. The van der Waals surface area contributed by atoms with E-state index in [1.54, 1.807) is 0 Å². The van der Waals surface area contributed by atoms with Gasteiger partial charge < -0.3 is 21.0 Å². The van der Waals surface area contributed by atoms with Gasteiger partial charge in [0.15, 0.2) is 0 Å². The van der Waals surface area contributed by atoms with Crippen LogP contribution in [0.15, 0.2) is 12.5 Å². The van der Waals surface area contributed by atoms with Gasteiger partial charge in [0.2, 0.25) is 0 Å². The Bertz CT molecular complexity index is 183. The lowest BCUT2D eigenvalue weighted by Gasteiger charge is -1.79. The third-order valence-corrected chi connectivity index (χ3v) is 0.729.